The average molecular weight is 1130 g/mol. The molecule has 0 saturated carbocycles. The van der Waals surface area contributed by atoms with E-state index in [2.05, 4.69) is 43.5 Å². The molecule has 0 aliphatic carbocycles. The molecule has 0 heterocycles. The predicted molar refractivity (Wildman–Crippen MR) is 352 cm³/mol. The SMILES string of the molecule is CCCCCCCCCCCCCCCCCCCCCCCCCCC(O)C(CO)NC(=O)CCCCCCCCCCCCCCCC/C=C\C/C=C\CCOC(=O)CCCCCCCCCCCCCCCCCCCC. The zero-order chi connectivity index (χ0) is 57.8. The summed E-state index contributed by atoms with van der Waals surface area (Å²) in [5, 5.41) is 23.4. The number of hydrogen-bond acceptors (Lipinski definition) is 5. The Labute approximate surface area is 501 Å². The van der Waals surface area contributed by atoms with Gasteiger partial charge in [0.2, 0.25) is 5.91 Å². The van der Waals surface area contributed by atoms with E-state index in [9.17, 15) is 19.8 Å². The number of ether oxygens (including phenoxy) is 1. The minimum Gasteiger partial charge on any atom is -0.465 e. The van der Waals surface area contributed by atoms with Gasteiger partial charge in [-0.05, 0) is 44.9 Å². The quantitative estimate of drug-likeness (QED) is 0.0320. The monoisotopic (exact) mass is 1130 g/mol. The minimum absolute atomic E-state index is 0.0296. The molecule has 474 valence electrons. The minimum atomic E-state index is -0.669. The summed E-state index contributed by atoms with van der Waals surface area (Å²) in [5.41, 5.74) is 0. The van der Waals surface area contributed by atoms with Gasteiger partial charge in [-0.25, -0.2) is 0 Å². The van der Waals surface area contributed by atoms with Crippen molar-refractivity contribution >= 4 is 11.9 Å². The topological polar surface area (TPSA) is 95.9 Å². The molecule has 0 aliphatic rings. The van der Waals surface area contributed by atoms with Crippen molar-refractivity contribution in [2.24, 2.45) is 0 Å². The van der Waals surface area contributed by atoms with Crippen LogP contribution in [-0.2, 0) is 14.3 Å². The third kappa shape index (κ3) is 65.5. The van der Waals surface area contributed by atoms with E-state index in [1.165, 1.54) is 327 Å². The molecule has 6 nitrogen and oxygen atoms in total. The van der Waals surface area contributed by atoms with Crippen molar-refractivity contribution in [3.8, 4) is 0 Å². The Morgan fingerprint density at radius 3 is 0.950 bits per heavy atom. The fourth-order valence-electron chi connectivity index (χ4n) is 11.7. The van der Waals surface area contributed by atoms with Crippen LogP contribution in [0, 0.1) is 0 Å². The molecular weight excluding hydrogens is 983 g/mol. The number of rotatable bonds is 69. The second-order valence-corrected chi connectivity index (χ2v) is 25.3. The summed E-state index contributed by atoms with van der Waals surface area (Å²) in [5.74, 6) is -0.0643. The molecular formula is C74H143NO5. The van der Waals surface area contributed by atoms with Crippen LogP contribution in [0.3, 0.4) is 0 Å². The maximum atomic E-state index is 12.6. The lowest BCUT2D eigenvalue weighted by Crippen LogP contribution is -2.45. The number of esters is 1. The molecule has 0 aromatic rings. The van der Waals surface area contributed by atoms with E-state index < -0.39 is 12.1 Å². The summed E-state index contributed by atoms with van der Waals surface area (Å²) >= 11 is 0. The third-order valence-corrected chi connectivity index (χ3v) is 17.3. The molecule has 0 aromatic carbocycles. The fraction of sp³-hybridized carbons (Fsp3) is 0.919. The van der Waals surface area contributed by atoms with Gasteiger partial charge in [-0.2, -0.15) is 0 Å². The number of nitrogens with one attached hydrogen (secondary N) is 1. The van der Waals surface area contributed by atoms with E-state index in [0.29, 0.717) is 25.9 Å². The third-order valence-electron chi connectivity index (χ3n) is 17.3. The number of amides is 1. The van der Waals surface area contributed by atoms with Gasteiger partial charge in [0, 0.05) is 12.8 Å². The normalized spacial score (nSPS) is 12.6. The Bertz CT molecular complexity index is 1250. The Hall–Kier alpha value is -1.66. The molecule has 3 N–H and O–H groups in total. The molecule has 0 saturated heterocycles. The second kappa shape index (κ2) is 69.8. The van der Waals surface area contributed by atoms with Gasteiger partial charge in [0.05, 0.1) is 25.4 Å². The lowest BCUT2D eigenvalue weighted by molar-refractivity contribution is -0.143. The number of aliphatic hydroxyl groups is 2. The number of carbonyl (C=O) groups excluding carboxylic acids is 2. The summed E-state index contributed by atoms with van der Waals surface area (Å²) in [6.07, 6.45) is 88.2. The van der Waals surface area contributed by atoms with Crippen molar-refractivity contribution in [1.29, 1.82) is 0 Å². The first-order valence-electron chi connectivity index (χ1n) is 36.6. The lowest BCUT2D eigenvalue weighted by Gasteiger charge is -2.22. The van der Waals surface area contributed by atoms with Crippen LogP contribution in [0.4, 0.5) is 0 Å². The van der Waals surface area contributed by atoms with Crippen LogP contribution in [0.5, 0.6) is 0 Å². The van der Waals surface area contributed by atoms with E-state index in [0.717, 1.165) is 51.4 Å². The van der Waals surface area contributed by atoms with Gasteiger partial charge < -0.3 is 20.3 Å². The molecule has 0 fully saturated rings. The van der Waals surface area contributed by atoms with Gasteiger partial charge >= 0.3 is 5.97 Å². The highest BCUT2D eigenvalue weighted by Crippen LogP contribution is 2.19. The lowest BCUT2D eigenvalue weighted by atomic mass is 10.0. The highest BCUT2D eigenvalue weighted by Gasteiger charge is 2.20. The number of carbonyl (C=O) groups is 2. The van der Waals surface area contributed by atoms with Crippen LogP contribution in [0.2, 0.25) is 0 Å². The van der Waals surface area contributed by atoms with Crippen molar-refractivity contribution in [2.45, 2.75) is 424 Å². The van der Waals surface area contributed by atoms with Gasteiger partial charge in [-0.1, -0.05) is 378 Å². The van der Waals surface area contributed by atoms with Crippen LogP contribution in [-0.4, -0.2) is 47.4 Å². The molecule has 0 aliphatic heterocycles. The number of hydrogen-bond donors (Lipinski definition) is 3. The van der Waals surface area contributed by atoms with Gasteiger partial charge in [0.15, 0.2) is 0 Å². The molecule has 6 heteroatoms. The second-order valence-electron chi connectivity index (χ2n) is 25.3. The van der Waals surface area contributed by atoms with Crippen LogP contribution in [0.1, 0.15) is 412 Å². The fourth-order valence-corrected chi connectivity index (χ4v) is 11.7. The summed E-state index contributed by atoms with van der Waals surface area (Å²) < 4.78 is 5.44. The van der Waals surface area contributed by atoms with E-state index in [1.54, 1.807) is 0 Å². The predicted octanol–water partition coefficient (Wildman–Crippen LogP) is 23.7. The zero-order valence-corrected chi connectivity index (χ0v) is 54.3. The average Bonchev–Trinajstić information content (AvgIpc) is 3.46. The Kier molecular flexibility index (Phi) is 68.4. The number of unbranched alkanes of at least 4 members (excludes halogenated alkanes) is 54. The number of aliphatic hydroxyl groups excluding tert-OH is 2. The van der Waals surface area contributed by atoms with Gasteiger partial charge in [-0.3, -0.25) is 9.59 Å². The number of allylic oxidation sites excluding steroid dienone is 3. The molecule has 0 radical (unpaired) electrons. The van der Waals surface area contributed by atoms with E-state index >= 15 is 0 Å². The van der Waals surface area contributed by atoms with Gasteiger partial charge in [0.1, 0.15) is 0 Å². The van der Waals surface area contributed by atoms with E-state index in [1.807, 2.05) is 0 Å². The largest absolute Gasteiger partial charge is 0.465 e. The van der Waals surface area contributed by atoms with Crippen molar-refractivity contribution in [2.75, 3.05) is 13.2 Å². The molecule has 0 bridgehead atoms. The van der Waals surface area contributed by atoms with Crippen molar-refractivity contribution < 1.29 is 24.5 Å². The van der Waals surface area contributed by atoms with Crippen LogP contribution in [0.15, 0.2) is 24.3 Å². The highest BCUT2D eigenvalue weighted by molar-refractivity contribution is 5.76. The Morgan fingerprint density at radius 2 is 0.625 bits per heavy atom. The summed E-state index contributed by atoms with van der Waals surface area (Å²) in [4.78, 5) is 24.6. The molecule has 0 rings (SSSR count). The van der Waals surface area contributed by atoms with Crippen molar-refractivity contribution in [3.63, 3.8) is 0 Å². The highest BCUT2D eigenvalue weighted by atomic mass is 16.5. The molecule has 1 amide bonds. The summed E-state index contributed by atoms with van der Waals surface area (Å²) in [6.45, 7) is 4.89. The van der Waals surface area contributed by atoms with E-state index in [4.69, 9.17) is 4.74 Å². The van der Waals surface area contributed by atoms with Crippen molar-refractivity contribution in [3.05, 3.63) is 24.3 Å². The molecule has 2 atom stereocenters. The summed E-state index contributed by atoms with van der Waals surface area (Å²) in [7, 11) is 0. The molecule has 0 spiro atoms. The smallest absolute Gasteiger partial charge is 0.305 e. The first-order chi connectivity index (χ1) is 39.5. The molecule has 0 aromatic heterocycles. The van der Waals surface area contributed by atoms with E-state index in [-0.39, 0.29) is 18.5 Å². The maximum absolute atomic E-state index is 12.6. The van der Waals surface area contributed by atoms with Gasteiger partial charge in [0.25, 0.3) is 0 Å². The zero-order valence-electron chi connectivity index (χ0n) is 54.3. The van der Waals surface area contributed by atoms with Crippen LogP contribution in [0.25, 0.3) is 0 Å². The Morgan fingerprint density at radius 1 is 0.350 bits per heavy atom. The Balaban J connectivity index is 3.42. The van der Waals surface area contributed by atoms with Crippen molar-refractivity contribution in [1.82, 2.24) is 5.32 Å². The molecule has 2 unspecified atom stereocenters. The van der Waals surface area contributed by atoms with Crippen LogP contribution >= 0.6 is 0 Å². The first-order valence-corrected chi connectivity index (χ1v) is 36.6. The first kappa shape index (κ1) is 78.3. The summed E-state index contributed by atoms with van der Waals surface area (Å²) in [6, 6.07) is -0.547. The molecule has 80 heavy (non-hydrogen) atoms. The standard InChI is InChI=1S/C74H143NO5/c1-3-5-7-9-11-13-15-17-19-21-23-24-25-26-28-31-34-38-42-46-50-54-58-62-66-72(77)71(70-76)75-73(78)67-63-59-55-51-47-43-39-35-32-29-27-30-33-37-41-45-49-53-57-61-65-69-80-74(79)68-64-60-56-52-48-44-40-36-22-20-18-16-14-12-10-8-6-4-2/h45,49,57,61,71-72,76-77H,3-44,46-48,50-56,58-60,62-70H2,1-2H3,(H,75,78)/b49-45-,61-57-. The van der Waals surface area contributed by atoms with Gasteiger partial charge in [-0.15, -0.1) is 0 Å². The van der Waals surface area contributed by atoms with Crippen LogP contribution < -0.4 is 5.32 Å². The maximum Gasteiger partial charge on any atom is 0.305 e.